The summed E-state index contributed by atoms with van der Waals surface area (Å²) in [7, 11) is 1.55. The summed E-state index contributed by atoms with van der Waals surface area (Å²) in [5, 5.41) is 7.41. The van der Waals surface area contributed by atoms with Gasteiger partial charge < -0.3 is 24.8 Å². The Hall–Kier alpha value is -3.78. The zero-order chi connectivity index (χ0) is 21.6. The average molecular weight is 436 g/mol. The number of hydrogen-bond acceptors (Lipinski definition) is 6. The van der Waals surface area contributed by atoms with Crippen LogP contribution in [0.3, 0.4) is 0 Å². The molecule has 2 heterocycles. The lowest BCUT2D eigenvalue weighted by Gasteiger charge is -2.19. The molecule has 0 spiro atoms. The molecule has 1 aliphatic rings. The summed E-state index contributed by atoms with van der Waals surface area (Å²) >= 11 is 1.46. The first-order valence-electron chi connectivity index (χ1n) is 9.54. The molecule has 0 radical (unpaired) electrons. The largest absolute Gasteiger partial charge is 0.497 e. The molecule has 0 fully saturated rings. The van der Waals surface area contributed by atoms with Crippen molar-refractivity contribution >= 4 is 34.9 Å². The van der Waals surface area contributed by atoms with Crippen molar-refractivity contribution in [2.24, 2.45) is 0 Å². The van der Waals surface area contributed by atoms with Gasteiger partial charge in [-0.15, -0.1) is 11.3 Å². The highest BCUT2D eigenvalue weighted by molar-refractivity contribution is 7.10. The second-order valence-electron chi connectivity index (χ2n) is 6.57. The number of benzene rings is 2. The summed E-state index contributed by atoms with van der Waals surface area (Å²) in [5.41, 5.74) is 1.06. The molecule has 2 aromatic carbocycles. The van der Waals surface area contributed by atoms with E-state index in [1.54, 1.807) is 55.7 Å². The maximum absolute atomic E-state index is 13.0. The molecule has 0 atom stereocenters. The Morgan fingerprint density at radius 1 is 1.03 bits per heavy atom. The van der Waals surface area contributed by atoms with Crippen molar-refractivity contribution in [3.63, 3.8) is 0 Å². The molecule has 2 amide bonds. The van der Waals surface area contributed by atoms with Crippen LogP contribution in [0.2, 0.25) is 0 Å². The fraction of sp³-hybridized carbons (Fsp3) is 0.130. The summed E-state index contributed by atoms with van der Waals surface area (Å²) in [6.07, 6.45) is 1.64. The number of fused-ring (bicyclic) bond motifs is 1. The number of hydrogen-bond donors (Lipinski definition) is 2. The third-order valence-electron chi connectivity index (χ3n) is 4.47. The van der Waals surface area contributed by atoms with Crippen molar-refractivity contribution in [2.45, 2.75) is 0 Å². The zero-order valence-electron chi connectivity index (χ0n) is 16.7. The van der Waals surface area contributed by atoms with Gasteiger partial charge in [-0.1, -0.05) is 6.07 Å². The molecule has 0 saturated heterocycles. The molecule has 0 bridgehead atoms. The number of thiophene rings is 1. The lowest BCUT2D eigenvalue weighted by molar-refractivity contribution is -0.113. The molecule has 7 nitrogen and oxygen atoms in total. The smallest absolute Gasteiger partial charge is 0.272 e. The highest BCUT2D eigenvalue weighted by Crippen LogP contribution is 2.32. The number of carbonyl (C=O) groups excluding carboxylic acids is 2. The van der Waals surface area contributed by atoms with Gasteiger partial charge in [0.15, 0.2) is 11.5 Å². The van der Waals surface area contributed by atoms with Gasteiger partial charge in [-0.25, -0.2) is 0 Å². The Morgan fingerprint density at radius 3 is 2.52 bits per heavy atom. The van der Waals surface area contributed by atoms with Gasteiger partial charge in [0.25, 0.3) is 11.8 Å². The van der Waals surface area contributed by atoms with Crippen molar-refractivity contribution in [1.29, 1.82) is 0 Å². The number of nitrogens with one attached hydrogen (secondary N) is 2. The van der Waals surface area contributed by atoms with Gasteiger partial charge in [0.05, 0.1) is 7.11 Å². The number of anilines is 1. The van der Waals surface area contributed by atoms with Crippen LogP contribution in [0.4, 0.5) is 5.69 Å². The number of carbonyl (C=O) groups is 2. The second kappa shape index (κ2) is 9.36. The van der Waals surface area contributed by atoms with Gasteiger partial charge in [0, 0.05) is 22.2 Å². The van der Waals surface area contributed by atoms with Crippen LogP contribution in [0.15, 0.2) is 65.7 Å². The van der Waals surface area contributed by atoms with Crippen LogP contribution in [0.1, 0.15) is 15.2 Å². The van der Waals surface area contributed by atoms with Gasteiger partial charge >= 0.3 is 0 Å². The van der Waals surface area contributed by atoms with Crippen molar-refractivity contribution in [3.8, 4) is 17.2 Å². The number of rotatable bonds is 6. The van der Waals surface area contributed by atoms with E-state index in [4.69, 9.17) is 14.2 Å². The quantitative estimate of drug-likeness (QED) is 0.572. The molecular weight excluding hydrogens is 416 g/mol. The topological polar surface area (TPSA) is 85.9 Å². The minimum Gasteiger partial charge on any atom is -0.497 e. The van der Waals surface area contributed by atoms with Gasteiger partial charge in [-0.05, 0) is 53.9 Å². The van der Waals surface area contributed by atoms with Gasteiger partial charge in [-0.2, -0.15) is 0 Å². The molecule has 1 aromatic heterocycles. The molecule has 2 N–H and O–H groups in total. The molecule has 0 unspecified atom stereocenters. The van der Waals surface area contributed by atoms with Crippen molar-refractivity contribution in [2.75, 3.05) is 25.6 Å². The van der Waals surface area contributed by atoms with E-state index in [9.17, 15) is 9.59 Å². The minimum absolute atomic E-state index is 0.123. The third-order valence-corrected chi connectivity index (χ3v) is 5.29. The Morgan fingerprint density at radius 2 is 1.81 bits per heavy atom. The van der Waals surface area contributed by atoms with Crippen LogP contribution in [0.25, 0.3) is 6.08 Å². The fourth-order valence-electron chi connectivity index (χ4n) is 2.93. The molecule has 0 saturated carbocycles. The molecule has 8 heteroatoms. The van der Waals surface area contributed by atoms with E-state index in [0.717, 1.165) is 4.88 Å². The molecule has 0 aliphatic carbocycles. The third kappa shape index (κ3) is 5.04. The van der Waals surface area contributed by atoms with Crippen molar-refractivity contribution in [1.82, 2.24) is 5.32 Å². The van der Waals surface area contributed by atoms with Crippen LogP contribution in [-0.4, -0.2) is 32.1 Å². The molecule has 3 aromatic rings. The molecule has 1 aliphatic heterocycles. The normalized spacial score (nSPS) is 12.7. The van der Waals surface area contributed by atoms with E-state index in [1.165, 1.54) is 11.3 Å². The highest BCUT2D eigenvalue weighted by atomic mass is 32.1. The summed E-state index contributed by atoms with van der Waals surface area (Å²) in [6, 6.07) is 15.5. The SMILES string of the molecule is COc1ccc(C(=O)N/C(=C\c2cccs2)C(=O)Nc2ccc3c(c2)OCCO3)cc1. The Balaban J connectivity index is 1.54. The molecule has 4 rings (SSSR count). The van der Waals surface area contributed by atoms with Gasteiger partial charge in [0.2, 0.25) is 0 Å². The average Bonchev–Trinajstić information content (AvgIpc) is 3.31. The van der Waals surface area contributed by atoms with E-state index in [1.807, 2.05) is 17.5 Å². The van der Waals surface area contributed by atoms with E-state index in [0.29, 0.717) is 41.7 Å². The van der Waals surface area contributed by atoms with Crippen LogP contribution in [0.5, 0.6) is 17.2 Å². The number of amides is 2. The van der Waals surface area contributed by atoms with E-state index < -0.39 is 11.8 Å². The van der Waals surface area contributed by atoms with E-state index >= 15 is 0 Å². The standard InChI is InChI=1S/C23H20N2O5S/c1-28-17-7-4-15(5-8-17)22(26)25-19(14-18-3-2-12-31-18)23(27)24-16-6-9-20-21(13-16)30-11-10-29-20/h2-9,12-14H,10-11H2,1H3,(H,24,27)(H,25,26)/b19-14-. The lowest BCUT2D eigenvalue weighted by Crippen LogP contribution is -2.30. The summed E-state index contributed by atoms with van der Waals surface area (Å²) < 4.78 is 16.2. The van der Waals surface area contributed by atoms with Gasteiger partial charge in [0.1, 0.15) is 24.7 Å². The zero-order valence-corrected chi connectivity index (χ0v) is 17.5. The molecular formula is C23H20N2O5S. The maximum atomic E-state index is 13.0. The fourth-order valence-corrected chi connectivity index (χ4v) is 3.59. The second-order valence-corrected chi connectivity index (χ2v) is 7.55. The van der Waals surface area contributed by atoms with E-state index in [2.05, 4.69) is 10.6 Å². The first-order chi connectivity index (χ1) is 15.1. The first kappa shape index (κ1) is 20.5. The monoisotopic (exact) mass is 436 g/mol. The summed E-state index contributed by atoms with van der Waals surface area (Å²) in [6.45, 7) is 0.940. The first-order valence-corrected chi connectivity index (χ1v) is 10.4. The van der Waals surface area contributed by atoms with Crippen molar-refractivity contribution < 1.29 is 23.8 Å². The predicted molar refractivity (Wildman–Crippen MR) is 119 cm³/mol. The molecule has 158 valence electrons. The van der Waals surface area contributed by atoms with Crippen LogP contribution >= 0.6 is 11.3 Å². The molecule has 31 heavy (non-hydrogen) atoms. The Labute approximate surface area is 183 Å². The number of methoxy groups -OCH3 is 1. The number of ether oxygens (including phenoxy) is 3. The highest BCUT2D eigenvalue weighted by Gasteiger charge is 2.17. The maximum Gasteiger partial charge on any atom is 0.272 e. The summed E-state index contributed by atoms with van der Waals surface area (Å²) in [5.74, 6) is 0.985. The minimum atomic E-state index is -0.452. The predicted octanol–water partition coefficient (Wildman–Crippen LogP) is 3.94. The Kier molecular flexibility index (Phi) is 6.18. The van der Waals surface area contributed by atoms with Gasteiger partial charge in [-0.3, -0.25) is 9.59 Å². The van der Waals surface area contributed by atoms with E-state index in [-0.39, 0.29) is 5.70 Å². The van der Waals surface area contributed by atoms with Crippen molar-refractivity contribution in [3.05, 3.63) is 76.1 Å². The van der Waals surface area contributed by atoms with Crippen LogP contribution in [0, 0.1) is 0 Å². The lowest BCUT2D eigenvalue weighted by atomic mass is 10.2. The summed E-state index contributed by atoms with van der Waals surface area (Å²) in [4.78, 5) is 26.6. The van der Waals surface area contributed by atoms with Crippen LogP contribution in [-0.2, 0) is 4.79 Å². The Bertz CT molecular complexity index is 1110. The van der Waals surface area contributed by atoms with Crippen LogP contribution < -0.4 is 24.8 Å².